The van der Waals surface area contributed by atoms with Crippen LogP contribution in [0.5, 0.6) is 5.75 Å². The van der Waals surface area contributed by atoms with E-state index in [-0.39, 0.29) is 5.56 Å². The molecule has 0 aliphatic rings. The minimum absolute atomic E-state index is 0.0763. The summed E-state index contributed by atoms with van der Waals surface area (Å²) in [7, 11) is 0. The van der Waals surface area contributed by atoms with Gasteiger partial charge in [0.1, 0.15) is 5.75 Å². The van der Waals surface area contributed by atoms with Crippen LogP contribution < -0.4 is 4.74 Å². The first kappa shape index (κ1) is 16.1. The van der Waals surface area contributed by atoms with Crippen molar-refractivity contribution < 1.29 is 22.7 Å². The Morgan fingerprint density at radius 3 is 1.91 bits per heavy atom. The van der Waals surface area contributed by atoms with Crippen LogP contribution in [0.25, 0.3) is 0 Å². The Bertz CT molecular complexity index is 678. The number of benzene rings is 2. The first-order valence-corrected chi connectivity index (χ1v) is 6.66. The Labute approximate surface area is 126 Å². The fraction of sp³-hybridized carbons (Fsp3) is 0.235. The standard InChI is InChI=1S/C17H15F3O2/c1-10-8-11(2)15(12(3)9-10)22-16(21)13-4-6-14(7-5-13)17(18,19)20/h4-9H,1-3H3. The highest BCUT2D eigenvalue weighted by Crippen LogP contribution is 2.30. The number of alkyl halides is 3. The van der Waals surface area contributed by atoms with Crippen molar-refractivity contribution in [1.29, 1.82) is 0 Å². The quantitative estimate of drug-likeness (QED) is 0.585. The van der Waals surface area contributed by atoms with Crippen molar-refractivity contribution in [1.82, 2.24) is 0 Å². The van der Waals surface area contributed by atoms with Gasteiger partial charge < -0.3 is 4.74 Å². The average Bonchev–Trinajstić information content (AvgIpc) is 2.41. The third-order valence-corrected chi connectivity index (χ3v) is 3.25. The Kier molecular flexibility index (Phi) is 4.26. The van der Waals surface area contributed by atoms with Crippen LogP contribution in [-0.2, 0) is 6.18 Å². The molecule has 2 nitrogen and oxygen atoms in total. The molecule has 0 fully saturated rings. The van der Waals surface area contributed by atoms with Gasteiger partial charge in [-0.05, 0) is 56.2 Å². The summed E-state index contributed by atoms with van der Waals surface area (Å²) < 4.78 is 42.8. The summed E-state index contributed by atoms with van der Waals surface area (Å²) in [6.45, 7) is 5.56. The summed E-state index contributed by atoms with van der Waals surface area (Å²) >= 11 is 0. The molecule has 5 heteroatoms. The van der Waals surface area contributed by atoms with Crippen molar-refractivity contribution >= 4 is 5.97 Å². The number of aryl methyl sites for hydroxylation is 3. The van der Waals surface area contributed by atoms with Crippen molar-refractivity contribution in [2.24, 2.45) is 0 Å². The van der Waals surface area contributed by atoms with Crippen LogP contribution in [0.15, 0.2) is 36.4 Å². The second-order valence-corrected chi connectivity index (χ2v) is 5.19. The first-order chi connectivity index (χ1) is 10.2. The zero-order chi connectivity index (χ0) is 16.5. The zero-order valence-electron chi connectivity index (χ0n) is 12.4. The Morgan fingerprint density at radius 2 is 1.45 bits per heavy atom. The molecule has 0 saturated carbocycles. The topological polar surface area (TPSA) is 26.3 Å². The number of carbonyl (C=O) groups excluding carboxylic acids is 1. The molecule has 0 spiro atoms. The van der Waals surface area contributed by atoms with Gasteiger partial charge in [-0.3, -0.25) is 0 Å². The van der Waals surface area contributed by atoms with Crippen molar-refractivity contribution in [3.05, 3.63) is 64.2 Å². The predicted molar refractivity (Wildman–Crippen MR) is 77.1 cm³/mol. The molecule has 0 heterocycles. The van der Waals surface area contributed by atoms with E-state index < -0.39 is 17.7 Å². The molecule has 116 valence electrons. The van der Waals surface area contributed by atoms with Crippen LogP contribution in [0.4, 0.5) is 13.2 Å². The third kappa shape index (κ3) is 3.47. The van der Waals surface area contributed by atoms with Crippen LogP contribution in [0, 0.1) is 20.8 Å². The molecule has 0 aromatic heterocycles. The smallest absolute Gasteiger partial charge is 0.416 e. The number of esters is 1. The van der Waals surface area contributed by atoms with Crippen LogP contribution in [0.3, 0.4) is 0 Å². The highest BCUT2D eigenvalue weighted by molar-refractivity contribution is 5.91. The molecule has 0 aliphatic carbocycles. The molecule has 0 atom stereocenters. The summed E-state index contributed by atoms with van der Waals surface area (Å²) in [5.74, 6) is -0.237. The molecule has 0 bridgehead atoms. The zero-order valence-corrected chi connectivity index (χ0v) is 12.4. The number of hydrogen-bond donors (Lipinski definition) is 0. The highest BCUT2D eigenvalue weighted by atomic mass is 19.4. The summed E-state index contributed by atoms with van der Waals surface area (Å²) in [5, 5.41) is 0. The van der Waals surface area contributed by atoms with Crippen LogP contribution in [0.1, 0.15) is 32.6 Å². The third-order valence-electron chi connectivity index (χ3n) is 3.25. The maximum atomic E-state index is 12.5. The molecule has 0 radical (unpaired) electrons. The molecule has 0 N–H and O–H groups in total. The van der Waals surface area contributed by atoms with Gasteiger partial charge in [-0.25, -0.2) is 4.79 Å². The first-order valence-electron chi connectivity index (χ1n) is 6.66. The molecular formula is C17H15F3O2. The number of ether oxygens (including phenoxy) is 1. The van der Waals surface area contributed by atoms with E-state index in [0.29, 0.717) is 5.75 Å². The van der Waals surface area contributed by atoms with E-state index in [4.69, 9.17) is 4.74 Å². The van der Waals surface area contributed by atoms with Gasteiger partial charge in [0.25, 0.3) is 0 Å². The van der Waals surface area contributed by atoms with Gasteiger partial charge in [0, 0.05) is 0 Å². The van der Waals surface area contributed by atoms with Gasteiger partial charge in [0.05, 0.1) is 11.1 Å². The SMILES string of the molecule is Cc1cc(C)c(OC(=O)c2ccc(C(F)(F)F)cc2)c(C)c1. The van der Waals surface area contributed by atoms with Gasteiger partial charge in [-0.2, -0.15) is 13.2 Å². The molecule has 0 aliphatic heterocycles. The summed E-state index contributed by atoms with van der Waals surface area (Å²) in [6.07, 6.45) is -4.42. The molecule has 0 unspecified atom stereocenters. The van der Waals surface area contributed by atoms with Crippen LogP contribution >= 0.6 is 0 Å². The highest BCUT2D eigenvalue weighted by Gasteiger charge is 2.30. The number of carbonyl (C=O) groups is 1. The fourth-order valence-electron chi connectivity index (χ4n) is 2.27. The molecular weight excluding hydrogens is 293 g/mol. The van der Waals surface area contributed by atoms with Gasteiger partial charge in [-0.15, -0.1) is 0 Å². The molecule has 2 rings (SSSR count). The fourth-order valence-corrected chi connectivity index (χ4v) is 2.27. The summed E-state index contributed by atoms with van der Waals surface area (Å²) in [6, 6.07) is 7.72. The van der Waals surface area contributed by atoms with E-state index >= 15 is 0 Å². The lowest BCUT2D eigenvalue weighted by Crippen LogP contribution is -2.11. The lowest BCUT2D eigenvalue weighted by molar-refractivity contribution is -0.137. The minimum atomic E-state index is -4.42. The summed E-state index contributed by atoms with van der Waals surface area (Å²) in [5.41, 5.74) is 1.93. The predicted octanol–water partition coefficient (Wildman–Crippen LogP) is 4.85. The van der Waals surface area contributed by atoms with Gasteiger partial charge in [-0.1, -0.05) is 17.7 Å². The Balaban J connectivity index is 2.23. The number of hydrogen-bond acceptors (Lipinski definition) is 2. The average molecular weight is 308 g/mol. The van der Waals surface area contributed by atoms with Gasteiger partial charge in [0.2, 0.25) is 0 Å². The molecule has 2 aromatic rings. The lowest BCUT2D eigenvalue weighted by atomic mass is 10.1. The lowest BCUT2D eigenvalue weighted by Gasteiger charge is -2.12. The van der Waals surface area contributed by atoms with E-state index in [9.17, 15) is 18.0 Å². The summed E-state index contributed by atoms with van der Waals surface area (Å²) in [4.78, 5) is 12.1. The molecule has 2 aromatic carbocycles. The second kappa shape index (κ2) is 5.83. The van der Waals surface area contributed by atoms with Gasteiger partial charge >= 0.3 is 12.1 Å². The van der Waals surface area contributed by atoms with Crippen LogP contribution in [0.2, 0.25) is 0 Å². The van der Waals surface area contributed by atoms with Crippen molar-refractivity contribution in [2.75, 3.05) is 0 Å². The molecule has 0 saturated heterocycles. The number of rotatable bonds is 2. The van der Waals surface area contributed by atoms with Crippen molar-refractivity contribution in [3.8, 4) is 5.75 Å². The second-order valence-electron chi connectivity index (χ2n) is 5.19. The van der Waals surface area contributed by atoms with E-state index in [1.54, 1.807) is 0 Å². The molecule has 0 amide bonds. The van der Waals surface area contributed by atoms with E-state index in [1.807, 2.05) is 32.9 Å². The Morgan fingerprint density at radius 1 is 0.955 bits per heavy atom. The normalized spacial score (nSPS) is 11.4. The largest absolute Gasteiger partial charge is 0.422 e. The van der Waals surface area contributed by atoms with Gasteiger partial charge in [0.15, 0.2) is 0 Å². The van der Waals surface area contributed by atoms with Crippen molar-refractivity contribution in [2.45, 2.75) is 26.9 Å². The Hall–Kier alpha value is -2.30. The number of halogens is 3. The monoisotopic (exact) mass is 308 g/mol. The van der Waals surface area contributed by atoms with Crippen LogP contribution in [-0.4, -0.2) is 5.97 Å². The van der Waals surface area contributed by atoms with Crippen molar-refractivity contribution in [3.63, 3.8) is 0 Å². The maximum Gasteiger partial charge on any atom is 0.416 e. The molecule has 22 heavy (non-hydrogen) atoms. The van der Waals surface area contributed by atoms with E-state index in [0.717, 1.165) is 41.0 Å². The maximum absolute atomic E-state index is 12.5. The van der Waals surface area contributed by atoms with E-state index in [2.05, 4.69) is 0 Å². The van der Waals surface area contributed by atoms with E-state index in [1.165, 1.54) is 0 Å². The minimum Gasteiger partial charge on any atom is -0.422 e.